The summed E-state index contributed by atoms with van der Waals surface area (Å²) < 4.78 is 9.01. The first-order valence-electron chi connectivity index (χ1n) is 7.24. The number of carboxylic acids is 1. The highest BCUT2D eigenvalue weighted by Gasteiger charge is 2.30. The molecular weight excluding hydrogens is 344 g/mol. The van der Waals surface area contributed by atoms with E-state index in [1.165, 1.54) is 24.3 Å². The van der Waals surface area contributed by atoms with Gasteiger partial charge in [0.25, 0.3) is 0 Å². The van der Waals surface area contributed by atoms with E-state index < -0.39 is 29.7 Å². The lowest BCUT2D eigenvalue weighted by Gasteiger charge is -2.07. The van der Waals surface area contributed by atoms with Crippen molar-refractivity contribution in [2.24, 2.45) is 0 Å². The van der Waals surface area contributed by atoms with Gasteiger partial charge in [0.05, 0.1) is 29.4 Å². The van der Waals surface area contributed by atoms with Crippen LogP contribution < -0.4 is 0 Å². The summed E-state index contributed by atoms with van der Waals surface area (Å²) in [4.78, 5) is 58.7. The maximum Gasteiger partial charge on any atom is 0.346 e. The minimum Gasteiger partial charge on any atom is -0.478 e. The highest BCUT2D eigenvalue weighted by atomic mass is 16.6. The number of esters is 3. The molecule has 1 aliphatic heterocycles. The second-order valence-corrected chi connectivity index (χ2v) is 5.32. The van der Waals surface area contributed by atoms with Gasteiger partial charge in [0, 0.05) is 11.1 Å². The zero-order valence-corrected chi connectivity index (χ0v) is 13.3. The van der Waals surface area contributed by atoms with Crippen LogP contribution in [0.3, 0.4) is 0 Å². The molecule has 3 rings (SSSR count). The summed E-state index contributed by atoms with van der Waals surface area (Å²) in [6, 6.07) is 7.32. The molecule has 8 heteroatoms. The number of hydrogen-bond donors (Lipinski definition) is 1. The Morgan fingerprint density at radius 1 is 0.885 bits per heavy atom. The Bertz CT molecular complexity index is 1000. The van der Waals surface area contributed by atoms with E-state index in [-0.39, 0.29) is 33.4 Å². The normalized spacial score (nSPS) is 12.3. The fourth-order valence-electron chi connectivity index (χ4n) is 2.54. The SMILES string of the molecule is COC(=O)c1cc(C(=O)c2ccc3c(c2)C(=O)OC3=O)ccc1C(=O)O. The van der Waals surface area contributed by atoms with Crippen molar-refractivity contribution >= 4 is 29.7 Å². The number of ketones is 1. The molecule has 0 saturated heterocycles. The lowest BCUT2D eigenvalue weighted by Crippen LogP contribution is -2.12. The van der Waals surface area contributed by atoms with Gasteiger partial charge in [0.15, 0.2) is 5.78 Å². The van der Waals surface area contributed by atoms with Crippen LogP contribution in [0.5, 0.6) is 0 Å². The van der Waals surface area contributed by atoms with Crippen molar-refractivity contribution in [1.82, 2.24) is 0 Å². The molecule has 0 bridgehead atoms. The van der Waals surface area contributed by atoms with Gasteiger partial charge >= 0.3 is 23.9 Å². The van der Waals surface area contributed by atoms with Crippen LogP contribution in [-0.4, -0.2) is 41.9 Å². The molecule has 130 valence electrons. The van der Waals surface area contributed by atoms with Gasteiger partial charge in [-0.15, -0.1) is 0 Å². The number of fused-ring (bicyclic) bond motifs is 1. The van der Waals surface area contributed by atoms with Crippen molar-refractivity contribution in [3.8, 4) is 0 Å². The van der Waals surface area contributed by atoms with Crippen molar-refractivity contribution in [3.63, 3.8) is 0 Å². The van der Waals surface area contributed by atoms with Gasteiger partial charge in [-0.1, -0.05) is 12.1 Å². The maximum absolute atomic E-state index is 12.6. The van der Waals surface area contributed by atoms with E-state index in [1.807, 2.05) is 0 Å². The van der Waals surface area contributed by atoms with E-state index in [4.69, 9.17) is 5.11 Å². The third kappa shape index (κ3) is 2.73. The predicted octanol–water partition coefficient (Wildman–Crippen LogP) is 1.71. The first kappa shape index (κ1) is 17.0. The van der Waals surface area contributed by atoms with Gasteiger partial charge in [-0.25, -0.2) is 19.2 Å². The number of carbonyl (C=O) groups is 5. The van der Waals surface area contributed by atoms with Crippen LogP contribution in [0.4, 0.5) is 0 Å². The topological polar surface area (TPSA) is 124 Å². The summed E-state index contributed by atoms with van der Waals surface area (Å²) in [5.41, 5.74) is -0.459. The Balaban J connectivity index is 2.05. The Hall–Kier alpha value is -3.81. The smallest absolute Gasteiger partial charge is 0.346 e. The molecule has 0 atom stereocenters. The van der Waals surface area contributed by atoms with Crippen LogP contribution >= 0.6 is 0 Å². The lowest BCUT2D eigenvalue weighted by molar-refractivity contribution is 0.0442. The highest BCUT2D eigenvalue weighted by Crippen LogP contribution is 2.23. The van der Waals surface area contributed by atoms with E-state index in [9.17, 15) is 24.0 Å². The molecule has 0 unspecified atom stereocenters. The van der Waals surface area contributed by atoms with E-state index in [0.717, 1.165) is 19.2 Å². The first-order chi connectivity index (χ1) is 12.3. The molecule has 1 heterocycles. The number of carboxylic acid groups (broad SMARTS) is 1. The summed E-state index contributed by atoms with van der Waals surface area (Å²) in [5.74, 6) is -4.45. The third-order valence-corrected chi connectivity index (χ3v) is 3.82. The summed E-state index contributed by atoms with van der Waals surface area (Å²) >= 11 is 0. The number of hydrogen-bond acceptors (Lipinski definition) is 7. The van der Waals surface area contributed by atoms with Gasteiger partial charge in [-0.3, -0.25) is 4.79 Å². The number of aromatic carboxylic acids is 1. The number of benzene rings is 2. The molecule has 0 saturated carbocycles. The molecule has 0 radical (unpaired) electrons. The monoisotopic (exact) mass is 354 g/mol. The average molecular weight is 354 g/mol. The summed E-state index contributed by atoms with van der Waals surface area (Å²) in [6.45, 7) is 0. The summed E-state index contributed by atoms with van der Waals surface area (Å²) in [5, 5.41) is 9.14. The van der Waals surface area contributed by atoms with E-state index in [2.05, 4.69) is 9.47 Å². The quantitative estimate of drug-likeness (QED) is 0.500. The summed E-state index contributed by atoms with van der Waals surface area (Å²) in [6.07, 6.45) is 0. The van der Waals surface area contributed by atoms with Crippen LogP contribution in [0.15, 0.2) is 36.4 Å². The summed E-state index contributed by atoms with van der Waals surface area (Å²) in [7, 11) is 1.09. The molecule has 0 fully saturated rings. The number of ether oxygens (including phenoxy) is 2. The first-order valence-corrected chi connectivity index (χ1v) is 7.24. The largest absolute Gasteiger partial charge is 0.478 e. The molecule has 2 aromatic rings. The number of rotatable bonds is 4. The van der Waals surface area contributed by atoms with Gasteiger partial charge in [-0.2, -0.15) is 0 Å². The fourth-order valence-corrected chi connectivity index (χ4v) is 2.54. The van der Waals surface area contributed by atoms with Crippen molar-refractivity contribution in [3.05, 3.63) is 69.8 Å². The van der Waals surface area contributed by atoms with E-state index >= 15 is 0 Å². The molecule has 0 amide bonds. The molecule has 2 aromatic carbocycles. The molecule has 1 aliphatic rings. The third-order valence-electron chi connectivity index (χ3n) is 3.82. The predicted molar refractivity (Wildman–Crippen MR) is 84.4 cm³/mol. The molecule has 0 aromatic heterocycles. The van der Waals surface area contributed by atoms with Gasteiger partial charge in [0.2, 0.25) is 0 Å². The van der Waals surface area contributed by atoms with E-state index in [1.54, 1.807) is 0 Å². The van der Waals surface area contributed by atoms with Gasteiger partial charge in [-0.05, 0) is 24.3 Å². The molecule has 1 N–H and O–H groups in total. The Labute approximate surface area is 146 Å². The van der Waals surface area contributed by atoms with Crippen LogP contribution in [0, 0.1) is 0 Å². The molecular formula is C18H10O8. The number of methoxy groups -OCH3 is 1. The second-order valence-electron chi connectivity index (χ2n) is 5.32. The standard InChI is InChI=1S/C18H10O8/c1-25-16(22)12-6-8(2-4-10(12)15(20)21)14(19)9-3-5-11-13(7-9)18(24)26-17(11)23/h2-7H,1H3,(H,20,21). The highest BCUT2D eigenvalue weighted by molar-refractivity contribution is 6.17. The number of carbonyl (C=O) groups excluding carboxylic acids is 4. The van der Waals surface area contributed by atoms with Crippen LogP contribution in [0.2, 0.25) is 0 Å². The average Bonchev–Trinajstić information content (AvgIpc) is 2.93. The molecule has 0 spiro atoms. The minimum atomic E-state index is -1.34. The maximum atomic E-state index is 12.6. The fraction of sp³-hybridized carbons (Fsp3) is 0.0556. The van der Waals surface area contributed by atoms with Gasteiger partial charge < -0.3 is 14.6 Å². The molecule has 0 aliphatic carbocycles. The van der Waals surface area contributed by atoms with Crippen molar-refractivity contribution in [2.45, 2.75) is 0 Å². The van der Waals surface area contributed by atoms with Crippen molar-refractivity contribution in [1.29, 1.82) is 0 Å². The van der Waals surface area contributed by atoms with Gasteiger partial charge in [0.1, 0.15) is 0 Å². The molecule has 26 heavy (non-hydrogen) atoms. The Morgan fingerprint density at radius 3 is 2.15 bits per heavy atom. The lowest BCUT2D eigenvalue weighted by atomic mass is 9.96. The Morgan fingerprint density at radius 2 is 1.50 bits per heavy atom. The number of cyclic esters (lactones) is 2. The van der Waals surface area contributed by atoms with Crippen molar-refractivity contribution in [2.75, 3.05) is 7.11 Å². The van der Waals surface area contributed by atoms with Crippen LogP contribution in [0.1, 0.15) is 57.4 Å². The van der Waals surface area contributed by atoms with Crippen molar-refractivity contribution < 1.29 is 38.6 Å². The van der Waals surface area contributed by atoms with Crippen LogP contribution in [0.25, 0.3) is 0 Å². The van der Waals surface area contributed by atoms with Crippen LogP contribution in [-0.2, 0) is 9.47 Å². The second kappa shape index (κ2) is 6.25. The Kier molecular flexibility index (Phi) is 4.09. The van der Waals surface area contributed by atoms with E-state index in [0.29, 0.717) is 0 Å². The zero-order chi connectivity index (χ0) is 19.0. The minimum absolute atomic E-state index is 0.0213. The zero-order valence-electron chi connectivity index (χ0n) is 13.3. The molecule has 8 nitrogen and oxygen atoms in total.